The molecule has 2 aromatic heterocycles. The number of carbonyl (C=O) groups is 1. The Kier molecular flexibility index (Phi) is 4.22. The zero-order valence-corrected chi connectivity index (χ0v) is 14.4. The summed E-state index contributed by atoms with van der Waals surface area (Å²) in [6, 6.07) is 14.1. The van der Waals surface area contributed by atoms with Crippen LogP contribution >= 0.6 is 0 Å². The molecule has 0 saturated carbocycles. The molecule has 1 fully saturated rings. The van der Waals surface area contributed by atoms with Gasteiger partial charge in [0, 0.05) is 38.7 Å². The third-order valence-corrected chi connectivity index (χ3v) is 5.04. The molecule has 5 heteroatoms. The van der Waals surface area contributed by atoms with E-state index in [0.717, 1.165) is 42.9 Å². The molecule has 128 valence electrons. The number of aryl methyl sites for hydroxylation is 2. The van der Waals surface area contributed by atoms with Crippen molar-refractivity contribution >= 4 is 17.1 Å². The van der Waals surface area contributed by atoms with Crippen molar-refractivity contribution in [3.63, 3.8) is 0 Å². The van der Waals surface area contributed by atoms with Crippen molar-refractivity contribution in [2.75, 3.05) is 13.1 Å². The quantitative estimate of drug-likeness (QED) is 0.737. The first-order valence-electron chi connectivity index (χ1n) is 8.81. The number of nitrogens with zero attached hydrogens (tertiary/aromatic N) is 4. The Morgan fingerprint density at radius 1 is 1.20 bits per heavy atom. The number of benzene rings is 1. The van der Waals surface area contributed by atoms with Gasteiger partial charge in [0.2, 0.25) is 5.91 Å². The summed E-state index contributed by atoms with van der Waals surface area (Å²) in [4.78, 5) is 23.7. The molecule has 1 aromatic carbocycles. The van der Waals surface area contributed by atoms with Gasteiger partial charge < -0.3 is 9.47 Å². The van der Waals surface area contributed by atoms with Gasteiger partial charge in [-0.25, -0.2) is 9.97 Å². The molecule has 1 atom stereocenters. The van der Waals surface area contributed by atoms with Gasteiger partial charge in [0.25, 0.3) is 0 Å². The smallest absolute Gasteiger partial charge is 0.222 e. The van der Waals surface area contributed by atoms with Crippen molar-refractivity contribution in [3.8, 4) is 0 Å². The topological polar surface area (TPSA) is 51.0 Å². The van der Waals surface area contributed by atoms with E-state index in [1.165, 1.54) is 5.56 Å². The second-order valence-corrected chi connectivity index (χ2v) is 6.69. The van der Waals surface area contributed by atoms with Crippen molar-refractivity contribution in [2.45, 2.75) is 25.2 Å². The number of pyridine rings is 1. The molecule has 4 rings (SSSR count). The van der Waals surface area contributed by atoms with Crippen LogP contribution in [-0.4, -0.2) is 38.4 Å². The van der Waals surface area contributed by atoms with E-state index >= 15 is 0 Å². The van der Waals surface area contributed by atoms with E-state index < -0.39 is 0 Å². The van der Waals surface area contributed by atoms with Crippen LogP contribution in [0.1, 0.15) is 30.1 Å². The Hall–Kier alpha value is -2.69. The van der Waals surface area contributed by atoms with Crippen molar-refractivity contribution in [1.82, 2.24) is 19.4 Å². The lowest BCUT2D eigenvalue weighted by Gasteiger charge is -2.16. The van der Waals surface area contributed by atoms with E-state index in [9.17, 15) is 4.79 Å². The van der Waals surface area contributed by atoms with Crippen LogP contribution in [0, 0.1) is 0 Å². The monoisotopic (exact) mass is 334 g/mol. The minimum Gasteiger partial charge on any atom is -0.342 e. The SMILES string of the molecule is Cn1c([C@@H]2CCN(C(=O)CCc3ccccc3)C2)nc2cccnc21. The van der Waals surface area contributed by atoms with Gasteiger partial charge in [0.1, 0.15) is 11.3 Å². The lowest BCUT2D eigenvalue weighted by molar-refractivity contribution is -0.130. The maximum Gasteiger partial charge on any atom is 0.222 e. The molecule has 5 nitrogen and oxygen atoms in total. The van der Waals surface area contributed by atoms with Gasteiger partial charge in [-0.2, -0.15) is 0 Å². The molecule has 1 amide bonds. The van der Waals surface area contributed by atoms with Gasteiger partial charge >= 0.3 is 0 Å². The maximum atomic E-state index is 12.5. The third kappa shape index (κ3) is 3.14. The molecule has 0 bridgehead atoms. The Balaban J connectivity index is 1.42. The summed E-state index contributed by atoms with van der Waals surface area (Å²) in [6.07, 6.45) is 4.13. The van der Waals surface area contributed by atoms with Crippen molar-refractivity contribution in [1.29, 1.82) is 0 Å². The molecular formula is C20H22N4O. The summed E-state index contributed by atoms with van der Waals surface area (Å²) in [5, 5.41) is 0. The van der Waals surface area contributed by atoms with Crippen molar-refractivity contribution < 1.29 is 4.79 Å². The normalized spacial score (nSPS) is 17.3. The Morgan fingerprint density at radius 2 is 2.04 bits per heavy atom. The van der Waals surface area contributed by atoms with Gasteiger partial charge in [-0.1, -0.05) is 30.3 Å². The van der Waals surface area contributed by atoms with Gasteiger partial charge in [0.05, 0.1) is 0 Å². The molecule has 1 aliphatic rings. The van der Waals surface area contributed by atoms with Gasteiger partial charge in [-0.05, 0) is 30.5 Å². The predicted octanol–water partition coefficient (Wildman–Crippen LogP) is 2.92. The fourth-order valence-electron chi connectivity index (χ4n) is 3.66. The summed E-state index contributed by atoms with van der Waals surface area (Å²) in [5.74, 6) is 1.56. The van der Waals surface area contributed by atoms with Crippen LogP contribution in [0.2, 0.25) is 0 Å². The number of carbonyl (C=O) groups excluding carboxylic acids is 1. The predicted molar refractivity (Wildman–Crippen MR) is 97.2 cm³/mol. The number of hydrogen-bond acceptors (Lipinski definition) is 3. The number of rotatable bonds is 4. The Morgan fingerprint density at radius 3 is 2.84 bits per heavy atom. The van der Waals surface area contributed by atoms with Crippen LogP contribution in [0.15, 0.2) is 48.7 Å². The van der Waals surface area contributed by atoms with E-state index in [0.29, 0.717) is 12.3 Å². The molecule has 0 unspecified atom stereocenters. The minimum absolute atomic E-state index is 0.239. The second kappa shape index (κ2) is 6.67. The van der Waals surface area contributed by atoms with Crippen LogP contribution in [0.5, 0.6) is 0 Å². The van der Waals surface area contributed by atoms with Crippen molar-refractivity contribution in [3.05, 3.63) is 60.0 Å². The maximum absolute atomic E-state index is 12.5. The molecule has 1 saturated heterocycles. The summed E-state index contributed by atoms with van der Waals surface area (Å²) in [7, 11) is 2.01. The van der Waals surface area contributed by atoms with Crippen LogP contribution in [-0.2, 0) is 18.3 Å². The van der Waals surface area contributed by atoms with Crippen molar-refractivity contribution in [2.24, 2.45) is 7.05 Å². The van der Waals surface area contributed by atoms with E-state index in [-0.39, 0.29) is 5.91 Å². The number of imidazole rings is 1. The highest BCUT2D eigenvalue weighted by Crippen LogP contribution is 2.28. The number of aromatic nitrogens is 3. The van der Waals surface area contributed by atoms with E-state index in [4.69, 9.17) is 4.98 Å². The van der Waals surface area contributed by atoms with Crippen LogP contribution in [0.4, 0.5) is 0 Å². The van der Waals surface area contributed by atoms with E-state index in [1.807, 2.05) is 42.3 Å². The van der Waals surface area contributed by atoms with Gasteiger partial charge in [0.15, 0.2) is 5.65 Å². The third-order valence-electron chi connectivity index (χ3n) is 5.04. The van der Waals surface area contributed by atoms with E-state index in [1.54, 1.807) is 6.20 Å². The van der Waals surface area contributed by atoms with Crippen LogP contribution in [0.25, 0.3) is 11.2 Å². The second-order valence-electron chi connectivity index (χ2n) is 6.69. The number of fused-ring (bicyclic) bond motifs is 1. The van der Waals surface area contributed by atoms with Crippen LogP contribution < -0.4 is 0 Å². The fourth-order valence-corrected chi connectivity index (χ4v) is 3.66. The minimum atomic E-state index is 0.239. The molecule has 0 N–H and O–H groups in total. The summed E-state index contributed by atoms with van der Waals surface area (Å²) >= 11 is 0. The molecule has 0 aliphatic carbocycles. The molecular weight excluding hydrogens is 312 g/mol. The lowest BCUT2D eigenvalue weighted by Crippen LogP contribution is -2.28. The first-order valence-corrected chi connectivity index (χ1v) is 8.81. The summed E-state index contributed by atoms with van der Waals surface area (Å²) < 4.78 is 2.07. The molecule has 3 heterocycles. The number of likely N-dealkylation sites (tertiary alicyclic amines) is 1. The molecule has 1 aliphatic heterocycles. The fraction of sp³-hybridized carbons (Fsp3) is 0.350. The average Bonchev–Trinajstić information content (AvgIpc) is 3.26. The first kappa shape index (κ1) is 15.8. The Labute approximate surface area is 147 Å². The zero-order valence-electron chi connectivity index (χ0n) is 14.4. The first-order chi connectivity index (χ1) is 12.2. The van der Waals surface area contributed by atoms with Gasteiger partial charge in [-0.15, -0.1) is 0 Å². The lowest BCUT2D eigenvalue weighted by atomic mass is 10.1. The van der Waals surface area contributed by atoms with Crippen LogP contribution in [0.3, 0.4) is 0 Å². The molecule has 3 aromatic rings. The Bertz CT molecular complexity index is 887. The summed E-state index contributed by atoms with van der Waals surface area (Å²) in [5.41, 5.74) is 3.05. The standard InChI is InChI=1S/C20H22N4O/c1-23-19(22-17-8-5-12-21-20(17)23)16-11-13-24(14-16)18(25)10-9-15-6-3-2-4-7-15/h2-8,12,16H,9-11,13-14H2,1H3/t16-/m1/s1. The zero-order chi connectivity index (χ0) is 17.2. The number of amides is 1. The molecule has 25 heavy (non-hydrogen) atoms. The number of hydrogen-bond donors (Lipinski definition) is 0. The highest BCUT2D eigenvalue weighted by atomic mass is 16.2. The average molecular weight is 334 g/mol. The van der Waals surface area contributed by atoms with Gasteiger partial charge in [-0.3, -0.25) is 4.79 Å². The summed E-state index contributed by atoms with van der Waals surface area (Å²) in [6.45, 7) is 1.57. The highest BCUT2D eigenvalue weighted by Gasteiger charge is 2.30. The highest BCUT2D eigenvalue weighted by molar-refractivity contribution is 5.77. The van der Waals surface area contributed by atoms with E-state index in [2.05, 4.69) is 21.7 Å². The molecule has 0 radical (unpaired) electrons. The molecule has 0 spiro atoms. The largest absolute Gasteiger partial charge is 0.342 e.